The molecule has 20 heavy (non-hydrogen) atoms. The number of benzene rings is 2. The van der Waals surface area contributed by atoms with Crippen LogP contribution in [0.15, 0.2) is 53.0 Å². The maximum atomic E-state index is 12.2. The van der Waals surface area contributed by atoms with E-state index >= 15 is 0 Å². The average molecular weight is 350 g/mol. The lowest BCUT2D eigenvalue weighted by atomic mass is 10.2. The van der Waals surface area contributed by atoms with Crippen molar-refractivity contribution in [2.45, 2.75) is 0 Å². The van der Waals surface area contributed by atoms with E-state index in [1.807, 2.05) is 30.3 Å². The fourth-order valence-electron chi connectivity index (χ4n) is 1.95. The number of hydrogen-bond donors (Lipinski definition) is 2. The average Bonchev–Trinajstić information content (AvgIpc) is 2.84. The molecule has 2 aromatic carbocycles. The second-order valence-corrected chi connectivity index (χ2v) is 5.73. The van der Waals surface area contributed by atoms with Crippen LogP contribution in [-0.2, 0) is 0 Å². The maximum Gasteiger partial charge on any atom is 0.272 e. The van der Waals surface area contributed by atoms with Crippen molar-refractivity contribution in [1.82, 2.24) is 4.98 Å². The molecule has 0 aliphatic rings. The zero-order valence-electron chi connectivity index (χ0n) is 10.3. The number of aromatic amines is 1. The fraction of sp³-hybridized carbons (Fsp3) is 0. The van der Waals surface area contributed by atoms with Crippen molar-refractivity contribution < 1.29 is 4.79 Å². The monoisotopic (exact) mass is 348 g/mol. The van der Waals surface area contributed by atoms with Crippen LogP contribution >= 0.6 is 27.5 Å². The lowest BCUT2D eigenvalue weighted by molar-refractivity contribution is 0.102. The third-order valence-electron chi connectivity index (χ3n) is 2.93. The minimum absolute atomic E-state index is 0.181. The fourth-order valence-corrected chi connectivity index (χ4v) is 2.39. The Kier molecular flexibility index (Phi) is 3.51. The molecule has 1 amide bonds. The van der Waals surface area contributed by atoms with Gasteiger partial charge in [-0.2, -0.15) is 0 Å². The molecule has 0 unspecified atom stereocenters. The van der Waals surface area contributed by atoms with Crippen LogP contribution in [0.2, 0.25) is 5.02 Å². The van der Waals surface area contributed by atoms with E-state index < -0.39 is 0 Å². The van der Waals surface area contributed by atoms with Crippen molar-refractivity contribution in [2.75, 3.05) is 5.32 Å². The molecule has 0 spiro atoms. The quantitative estimate of drug-likeness (QED) is 0.683. The minimum Gasteiger partial charge on any atom is -0.350 e. The van der Waals surface area contributed by atoms with Crippen molar-refractivity contribution in [3.8, 4) is 0 Å². The Morgan fingerprint density at radius 2 is 1.85 bits per heavy atom. The molecule has 5 heteroatoms. The van der Waals surface area contributed by atoms with Gasteiger partial charge in [0.25, 0.3) is 5.91 Å². The van der Waals surface area contributed by atoms with Crippen LogP contribution in [0, 0.1) is 0 Å². The number of carbonyl (C=O) groups excluding carboxylic acids is 1. The number of amides is 1. The van der Waals surface area contributed by atoms with Crippen LogP contribution in [0.3, 0.4) is 0 Å². The van der Waals surface area contributed by atoms with Crippen molar-refractivity contribution in [3.05, 3.63) is 63.7 Å². The Morgan fingerprint density at radius 3 is 2.60 bits per heavy atom. The number of carbonyl (C=O) groups is 1. The molecule has 3 nitrogen and oxygen atoms in total. The highest BCUT2D eigenvalue weighted by Crippen LogP contribution is 2.21. The summed E-state index contributed by atoms with van der Waals surface area (Å²) in [7, 11) is 0. The number of nitrogens with one attached hydrogen (secondary N) is 2. The van der Waals surface area contributed by atoms with Gasteiger partial charge in [0, 0.05) is 26.1 Å². The van der Waals surface area contributed by atoms with Gasteiger partial charge in [-0.05, 0) is 42.5 Å². The molecule has 0 bridgehead atoms. The largest absolute Gasteiger partial charge is 0.350 e. The third kappa shape index (κ3) is 2.71. The van der Waals surface area contributed by atoms with E-state index in [1.165, 1.54) is 0 Å². The predicted molar refractivity (Wildman–Crippen MR) is 85.4 cm³/mol. The Hall–Kier alpha value is -1.78. The molecule has 0 saturated carbocycles. The number of rotatable bonds is 2. The summed E-state index contributed by atoms with van der Waals surface area (Å²) in [5, 5.41) is 4.43. The van der Waals surface area contributed by atoms with Crippen LogP contribution in [0.1, 0.15) is 10.5 Å². The van der Waals surface area contributed by atoms with E-state index in [0.717, 1.165) is 21.1 Å². The molecular formula is C15H10BrClN2O. The number of aromatic nitrogens is 1. The molecule has 2 N–H and O–H groups in total. The highest BCUT2D eigenvalue weighted by Gasteiger charge is 2.10. The van der Waals surface area contributed by atoms with E-state index in [1.54, 1.807) is 18.2 Å². The Labute approximate surface area is 129 Å². The molecule has 3 rings (SSSR count). The molecular weight excluding hydrogens is 340 g/mol. The zero-order chi connectivity index (χ0) is 14.1. The SMILES string of the molecule is O=C(Nc1ccc(Br)cc1)c1cc2ccc(Cl)cc2[nH]1. The van der Waals surface area contributed by atoms with Crippen LogP contribution in [0.25, 0.3) is 10.9 Å². The van der Waals surface area contributed by atoms with Gasteiger partial charge >= 0.3 is 0 Å². The number of halogens is 2. The van der Waals surface area contributed by atoms with E-state index in [-0.39, 0.29) is 5.91 Å². The molecule has 1 heterocycles. The Balaban J connectivity index is 1.86. The van der Waals surface area contributed by atoms with Crippen molar-refractivity contribution in [2.24, 2.45) is 0 Å². The number of anilines is 1. The molecule has 0 atom stereocenters. The normalized spacial score (nSPS) is 10.7. The van der Waals surface area contributed by atoms with Crippen molar-refractivity contribution in [3.63, 3.8) is 0 Å². The van der Waals surface area contributed by atoms with Gasteiger partial charge in [0.2, 0.25) is 0 Å². The van der Waals surface area contributed by atoms with Crippen LogP contribution in [0.5, 0.6) is 0 Å². The van der Waals surface area contributed by atoms with E-state index in [4.69, 9.17) is 11.6 Å². The smallest absolute Gasteiger partial charge is 0.272 e. The zero-order valence-corrected chi connectivity index (χ0v) is 12.6. The van der Waals surface area contributed by atoms with Gasteiger partial charge in [0.05, 0.1) is 0 Å². The maximum absolute atomic E-state index is 12.2. The molecule has 0 saturated heterocycles. The Bertz CT molecular complexity index is 780. The summed E-state index contributed by atoms with van der Waals surface area (Å²) < 4.78 is 0.968. The Morgan fingerprint density at radius 1 is 1.10 bits per heavy atom. The summed E-state index contributed by atoms with van der Waals surface area (Å²) >= 11 is 9.28. The van der Waals surface area contributed by atoms with Gasteiger partial charge in [-0.3, -0.25) is 4.79 Å². The lowest BCUT2D eigenvalue weighted by Crippen LogP contribution is -2.11. The van der Waals surface area contributed by atoms with Gasteiger partial charge in [0.1, 0.15) is 5.69 Å². The predicted octanol–water partition coefficient (Wildman–Crippen LogP) is 4.84. The van der Waals surface area contributed by atoms with Gasteiger partial charge < -0.3 is 10.3 Å². The molecule has 0 fully saturated rings. The molecule has 0 aliphatic heterocycles. The lowest BCUT2D eigenvalue weighted by Gasteiger charge is -2.03. The standard InChI is InChI=1S/C15H10BrClN2O/c16-10-2-5-12(6-3-10)18-15(20)14-7-9-1-4-11(17)8-13(9)19-14/h1-8,19H,(H,18,20). The number of H-pyrrole nitrogens is 1. The van der Waals surface area contributed by atoms with Crippen LogP contribution in [-0.4, -0.2) is 10.9 Å². The first-order chi connectivity index (χ1) is 9.61. The first-order valence-corrected chi connectivity index (χ1v) is 7.14. The second kappa shape index (κ2) is 5.31. The molecule has 100 valence electrons. The van der Waals surface area contributed by atoms with Gasteiger partial charge in [0.15, 0.2) is 0 Å². The molecule has 1 aromatic heterocycles. The summed E-state index contributed by atoms with van der Waals surface area (Å²) in [4.78, 5) is 15.2. The number of fused-ring (bicyclic) bond motifs is 1. The molecule has 3 aromatic rings. The van der Waals surface area contributed by atoms with Gasteiger partial charge in [-0.15, -0.1) is 0 Å². The summed E-state index contributed by atoms with van der Waals surface area (Å²) in [6.45, 7) is 0. The van der Waals surface area contributed by atoms with Crippen LogP contribution in [0.4, 0.5) is 5.69 Å². The van der Waals surface area contributed by atoms with Crippen molar-refractivity contribution in [1.29, 1.82) is 0 Å². The summed E-state index contributed by atoms with van der Waals surface area (Å²) in [5.74, 6) is -0.181. The second-order valence-electron chi connectivity index (χ2n) is 4.38. The molecule has 0 aliphatic carbocycles. The van der Waals surface area contributed by atoms with Crippen molar-refractivity contribution >= 4 is 50.0 Å². The number of hydrogen-bond acceptors (Lipinski definition) is 1. The first-order valence-electron chi connectivity index (χ1n) is 5.97. The highest BCUT2D eigenvalue weighted by atomic mass is 79.9. The summed E-state index contributed by atoms with van der Waals surface area (Å²) in [6.07, 6.45) is 0. The highest BCUT2D eigenvalue weighted by molar-refractivity contribution is 9.10. The summed E-state index contributed by atoms with van der Waals surface area (Å²) in [5.41, 5.74) is 2.10. The van der Waals surface area contributed by atoms with Gasteiger partial charge in [-0.25, -0.2) is 0 Å². The van der Waals surface area contributed by atoms with E-state index in [2.05, 4.69) is 26.2 Å². The van der Waals surface area contributed by atoms with E-state index in [9.17, 15) is 4.79 Å². The van der Waals surface area contributed by atoms with Gasteiger partial charge in [-0.1, -0.05) is 33.6 Å². The molecule has 0 radical (unpaired) electrons. The first kappa shape index (κ1) is 13.2. The third-order valence-corrected chi connectivity index (χ3v) is 3.69. The topological polar surface area (TPSA) is 44.9 Å². The summed E-state index contributed by atoms with van der Waals surface area (Å²) in [6, 6.07) is 14.7. The van der Waals surface area contributed by atoms with E-state index in [0.29, 0.717) is 10.7 Å². The minimum atomic E-state index is -0.181. The van der Waals surface area contributed by atoms with Crippen LogP contribution < -0.4 is 5.32 Å².